The number of unbranched alkanes of at least 4 members (excludes halogenated alkanes) is 10. The molecule has 0 bridgehead atoms. The predicted molar refractivity (Wildman–Crippen MR) is 326 cm³/mol. The molecule has 7 aromatic carbocycles. The summed E-state index contributed by atoms with van der Waals surface area (Å²) < 4.78 is 0. The summed E-state index contributed by atoms with van der Waals surface area (Å²) in [4.78, 5) is 31.9. The summed E-state index contributed by atoms with van der Waals surface area (Å²) in [7, 11) is 0. The van der Waals surface area contributed by atoms with Crippen LogP contribution in [-0.4, -0.2) is 29.9 Å². The lowest BCUT2D eigenvalue weighted by atomic mass is 9.91. The van der Waals surface area contributed by atoms with Gasteiger partial charge in [0.15, 0.2) is 17.5 Å². The van der Waals surface area contributed by atoms with Crippen LogP contribution in [0.3, 0.4) is 0 Å². The fraction of sp³-hybridized carbons (Fsp3) is 0.250. The Bertz CT molecular complexity index is 3480. The Balaban J connectivity index is 1.09. The molecular formula is C72H72N6. The first-order chi connectivity index (χ1) is 38.4. The van der Waals surface area contributed by atoms with Gasteiger partial charge in [0, 0.05) is 38.9 Å². The molecule has 10 rings (SSSR count). The highest BCUT2D eigenvalue weighted by Gasteiger charge is 2.20. The lowest BCUT2D eigenvalue weighted by Crippen LogP contribution is -2.04. The van der Waals surface area contributed by atoms with Gasteiger partial charge in [-0.3, -0.25) is 0 Å². The third-order valence-corrected chi connectivity index (χ3v) is 15.0. The third-order valence-electron chi connectivity index (χ3n) is 15.0. The highest BCUT2D eigenvalue weighted by Crippen LogP contribution is 2.36. The van der Waals surface area contributed by atoms with Gasteiger partial charge in [-0.2, -0.15) is 0 Å². The number of rotatable bonds is 23. The minimum absolute atomic E-state index is 0.486. The number of aryl methyl sites for hydroxylation is 4. The van der Waals surface area contributed by atoms with E-state index in [9.17, 15) is 0 Å². The molecule has 0 spiro atoms. The van der Waals surface area contributed by atoms with E-state index in [1.807, 2.05) is 30.3 Å². The van der Waals surface area contributed by atoms with Crippen LogP contribution >= 0.6 is 0 Å². The Morgan fingerprint density at radius 3 is 1.18 bits per heavy atom. The van der Waals surface area contributed by atoms with Crippen molar-refractivity contribution in [2.75, 3.05) is 0 Å². The number of hydrogen-bond acceptors (Lipinski definition) is 6. The normalized spacial score (nSPS) is 11.3. The molecule has 0 aliphatic carbocycles. The van der Waals surface area contributed by atoms with Gasteiger partial charge in [0.2, 0.25) is 0 Å². The second-order valence-electron chi connectivity index (χ2n) is 21.0. The molecule has 0 atom stereocenters. The summed E-state index contributed by atoms with van der Waals surface area (Å²) in [5, 5.41) is 0. The standard InChI is InChI=1S/C72H72N6/c1-5-7-9-11-13-18-33-59-47-63(61(45-52(59)4)34-19-14-12-10-8-6-2)69-50-67(77-72(78-69)71-75-64(54-27-20-15-21-28-54)48-65(76-71)55-29-22-16-23-30-55)57-43-41-56(42-44-57)66-49-68(74-70(73-66)58-31-24-17-25-32-58)62-36-26-35-60(46-62)53-39-37-51(3)38-40-53/h15-17,20-32,35-50H,5-14,18-19,33-34H2,1-4H3. The smallest absolute Gasteiger partial charge is 0.198 e. The molecule has 0 saturated carbocycles. The SMILES string of the molecule is CCCCCCCCc1cc(-c2cc(-c3ccc(-c4cc(-c5cccc(-c6ccc(C)cc6)c5)nc(-c5ccccc5)n4)cc3)nc(-c3nc(-c4ccccc4)cc(-c4ccccc4)n3)n2)c(CCCCCCCC)cc1C. The first-order valence-corrected chi connectivity index (χ1v) is 28.6. The quantitative estimate of drug-likeness (QED) is 0.0594. The van der Waals surface area contributed by atoms with Crippen molar-refractivity contribution in [3.05, 3.63) is 216 Å². The van der Waals surface area contributed by atoms with Gasteiger partial charge in [-0.05, 0) is 97.7 Å². The monoisotopic (exact) mass is 1020 g/mol. The number of aromatic nitrogens is 6. The minimum atomic E-state index is 0.486. The van der Waals surface area contributed by atoms with E-state index in [1.54, 1.807) is 0 Å². The third kappa shape index (κ3) is 13.5. The van der Waals surface area contributed by atoms with Crippen molar-refractivity contribution in [1.82, 2.24) is 29.9 Å². The fourth-order valence-electron chi connectivity index (χ4n) is 10.5. The molecule has 0 fully saturated rings. The molecule has 0 aliphatic rings. The maximum absolute atomic E-state index is 5.52. The van der Waals surface area contributed by atoms with E-state index in [0.717, 1.165) is 92.4 Å². The van der Waals surface area contributed by atoms with E-state index in [0.29, 0.717) is 17.5 Å². The molecule has 390 valence electrons. The van der Waals surface area contributed by atoms with E-state index in [4.69, 9.17) is 29.9 Å². The summed E-state index contributed by atoms with van der Waals surface area (Å²) in [5.74, 6) is 1.66. The molecular weight excluding hydrogens is 949 g/mol. The molecule has 0 saturated heterocycles. The van der Waals surface area contributed by atoms with Crippen molar-refractivity contribution in [2.45, 2.75) is 118 Å². The summed E-state index contributed by atoms with van der Waals surface area (Å²) in [6, 6.07) is 68.2. The van der Waals surface area contributed by atoms with Crippen molar-refractivity contribution in [3.63, 3.8) is 0 Å². The van der Waals surface area contributed by atoms with Crippen LogP contribution in [0.2, 0.25) is 0 Å². The van der Waals surface area contributed by atoms with Gasteiger partial charge in [-0.25, -0.2) is 29.9 Å². The van der Waals surface area contributed by atoms with Crippen molar-refractivity contribution in [3.8, 4) is 102 Å². The molecule has 6 heteroatoms. The molecule has 0 radical (unpaired) electrons. The van der Waals surface area contributed by atoms with Crippen molar-refractivity contribution in [1.29, 1.82) is 0 Å². The highest BCUT2D eigenvalue weighted by molar-refractivity contribution is 5.79. The molecule has 3 heterocycles. The molecule has 3 aromatic heterocycles. The summed E-state index contributed by atoms with van der Waals surface area (Å²) in [5.41, 5.74) is 19.8. The van der Waals surface area contributed by atoms with Gasteiger partial charge >= 0.3 is 0 Å². The van der Waals surface area contributed by atoms with Crippen LogP contribution in [0.4, 0.5) is 0 Å². The van der Waals surface area contributed by atoms with Crippen LogP contribution in [0.15, 0.2) is 194 Å². The molecule has 0 unspecified atom stereocenters. The first kappa shape index (κ1) is 53.2. The largest absolute Gasteiger partial charge is 0.228 e. The van der Waals surface area contributed by atoms with Crippen LogP contribution in [-0.2, 0) is 12.8 Å². The first-order valence-electron chi connectivity index (χ1n) is 28.6. The molecule has 0 amide bonds. The van der Waals surface area contributed by atoms with Gasteiger partial charge in [-0.15, -0.1) is 0 Å². The van der Waals surface area contributed by atoms with Crippen LogP contribution in [0.25, 0.3) is 102 Å². The predicted octanol–water partition coefficient (Wildman–Crippen LogP) is 19.5. The van der Waals surface area contributed by atoms with Gasteiger partial charge < -0.3 is 0 Å². The van der Waals surface area contributed by atoms with Gasteiger partial charge in [0.25, 0.3) is 0 Å². The topological polar surface area (TPSA) is 77.3 Å². The molecule has 78 heavy (non-hydrogen) atoms. The van der Waals surface area contributed by atoms with Gasteiger partial charge in [0.05, 0.1) is 34.2 Å². The average Bonchev–Trinajstić information content (AvgIpc) is 3.52. The summed E-state index contributed by atoms with van der Waals surface area (Å²) in [6.07, 6.45) is 17.1. The van der Waals surface area contributed by atoms with Gasteiger partial charge in [0.1, 0.15) is 0 Å². The Labute approximate surface area is 463 Å². The second kappa shape index (κ2) is 26.2. The lowest BCUT2D eigenvalue weighted by molar-refractivity contribution is 0.605. The number of hydrogen-bond donors (Lipinski definition) is 0. The molecule has 0 N–H and O–H groups in total. The Kier molecular flexibility index (Phi) is 17.9. The Morgan fingerprint density at radius 2 is 0.654 bits per heavy atom. The lowest BCUT2D eigenvalue weighted by Gasteiger charge is -2.17. The maximum Gasteiger partial charge on any atom is 0.198 e. The van der Waals surface area contributed by atoms with Crippen LogP contribution < -0.4 is 0 Å². The van der Waals surface area contributed by atoms with Crippen LogP contribution in [0.5, 0.6) is 0 Å². The molecule has 6 nitrogen and oxygen atoms in total. The second-order valence-corrected chi connectivity index (χ2v) is 21.0. The van der Waals surface area contributed by atoms with Gasteiger partial charge in [-0.1, -0.05) is 247 Å². The van der Waals surface area contributed by atoms with E-state index >= 15 is 0 Å². The molecule has 0 aliphatic heterocycles. The number of benzene rings is 7. The van der Waals surface area contributed by atoms with Crippen LogP contribution in [0.1, 0.15) is 113 Å². The Hall–Kier alpha value is -8.22. The van der Waals surface area contributed by atoms with E-state index in [-0.39, 0.29) is 0 Å². The zero-order valence-electron chi connectivity index (χ0n) is 46.1. The Morgan fingerprint density at radius 1 is 0.269 bits per heavy atom. The van der Waals surface area contributed by atoms with Crippen molar-refractivity contribution < 1.29 is 0 Å². The highest BCUT2D eigenvalue weighted by atomic mass is 15.0. The molecule has 10 aromatic rings. The van der Waals surface area contributed by atoms with Crippen molar-refractivity contribution in [2.24, 2.45) is 0 Å². The number of nitrogens with zero attached hydrogens (tertiary/aromatic N) is 6. The summed E-state index contributed by atoms with van der Waals surface area (Å²) >= 11 is 0. The van der Waals surface area contributed by atoms with Crippen LogP contribution in [0, 0.1) is 13.8 Å². The maximum atomic E-state index is 5.52. The summed E-state index contributed by atoms with van der Waals surface area (Å²) in [6.45, 7) is 9.00. The zero-order valence-corrected chi connectivity index (χ0v) is 46.1. The van der Waals surface area contributed by atoms with E-state index < -0.39 is 0 Å². The van der Waals surface area contributed by atoms with Crippen molar-refractivity contribution >= 4 is 0 Å². The van der Waals surface area contributed by atoms with E-state index in [2.05, 4.69) is 191 Å². The zero-order chi connectivity index (χ0) is 53.5. The average molecular weight is 1020 g/mol. The minimum Gasteiger partial charge on any atom is -0.228 e. The fourth-order valence-corrected chi connectivity index (χ4v) is 10.5. The van der Waals surface area contributed by atoms with E-state index in [1.165, 1.54) is 104 Å².